The van der Waals surface area contributed by atoms with Gasteiger partial charge in [-0.2, -0.15) is 0 Å². The second-order valence-electron chi connectivity index (χ2n) is 13.4. The van der Waals surface area contributed by atoms with Crippen molar-refractivity contribution >= 4 is 60.6 Å². The molecular weight excluding hydrogens is 626 g/mol. The Labute approximate surface area is 308 Å². The number of nitrogens with zero attached hydrogens (tertiary/aromatic N) is 1. The van der Waals surface area contributed by atoms with Crippen LogP contribution in [0.1, 0.15) is 28.7 Å². The Hall–Kier alpha value is -6.25. The highest BCUT2D eigenvalue weighted by molar-refractivity contribution is 6.33. The summed E-state index contributed by atoms with van der Waals surface area (Å²) in [5.74, 6) is 0. The van der Waals surface area contributed by atoms with Crippen molar-refractivity contribution in [1.82, 2.24) is 0 Å². The Kier molecular flexibility index (Phi) is 8.01. The average Bonchev–Trinajstić information content (AvgIpc) is 3.86. The first-order valence-electron chi connectivity index (χ1n) is 17.7. The molecule has 52 heavy (non-hydrogen) atoms. The third-order valence-electron chi connectivity index (χ3n) is 10.4. The molecule has 1 N–H and O–H groups in total. The largest absolute Gasteiger partial charge is 0.356 e. The Morgan fingerprint density at radius 3 is 1.56 bits per heavy atom. The molecule has 0 aromatic heterocycles. The van der Waals surface area contributed by atoms with Crippen LogP contribution in [-0.2, 0) is 5.41 Å². The van der Waals surface area contributed by atoms with Gasteiger partial charge in [0.2, 0.25) is 0 Å². The van der Waals surface area contributed by atoms with Gasteiger partial charge in [-0.25, -0.2) is 0 Å². The fourth-order valence-electron chi connectivity index (χ4n) is 8.28. The molecule has 3 aliphatic carbocycles. The highest BCUT2D eigenvalue weighted by atomic mass is 15.1. The number of benzene rings is 7. The standard InChI is InChI=1S/C24H14B2.C24H20N2/c25-14-8-10-18-19-11-9-15(26)13-23(19)24(22(18)12-14)20-6-2-1-4-16(20)17-5-3-7-21(17)24;1-4-10-20(11-5-1)25-21-16-18-24(19-17-21)26(22-12-6-2-7-13-22)23-14-8-3-9-15-23/h1-6,8-13H,7H2;1-19,25H. The summed E-state index contributed by atoms with van der Waals surface area (Å²) in [6.45, 7) is 0. The lowest BCUT2D eigenvalue weighted by Gasteiger charge is -2.32. The summed E-state index contributed by atoms with van der Waals surface area (Å²) in [4.78, 5) is 2.26. The molecule has 0 saturated heterocycles. The normalized spacial score (nSPS) is 13.8. The number of anilines is 5. The van der Waals surface area contributed by atoms with Gasteiger partial charge >= 0.3 is 0 Å². The van der Waals surface area contributed by atoms with Crippen molar-refractivity contribution in [1.29, 1.82) is 0 Å². The predicted octanol–water partition coefficient (Wildman–Crippen LogP) is 10.2. The van der Waals surface area contributed by atoms with Crippen LogP contribution in [0.4, 0.5) is 28.4 Å². The molecule has 10 rings (SSSR count). The number of nitrogens with one attached hydrogen (secondary N) is 1. The minimum absolute atomic E-state index is 0.273. The van der Waals surface area contributed by atoms with E-state index in [2.05, 4.69) is 156 Å². The zero-order valence-corrected chi connectivity index (χ0v) is 28.7. The maximum atomic E-state index is 6.25. The fraction of sp³-hybridized carbons (Fsp3) is 0.0417. The Balaban J connectivity index is 0.000000138. The Bertz CT molecular complexity index is 2380. The Morgan fingerprint density at radius 2 is 0.962 bits per heavy atom. The van der Waals surface area contributed by atoms with Gasteiger partial charge in [-0.3, -0.25) is 0 Å². The van der Waals surface area contributed by atoms with Gasteiger partial charge < -0.3 is 10.2 Å². The first kappa shape index (κ1) is 31.7. The smallest absolute Gasteiger partial charge is 0.113 e. The van der Waals surface area contributed by atoms with Crippen molar-refractivity contribution in [3.63, 3.8) is 0 Å². The lowest BCUT2D eigenvalue weighted by atomic mass is 9.68. The predicted molar refractivity (Wildman–Crippen MR) is 221 cm³/mol. The van der Waals surface area contributed by atoms with E-state index in [0.29, 0.717) is 0 Å². The first-order chi connectivity index (χ1) is 25.6. The molecule has 0 atom stereocenters. The molecule has 0 fully saturated rings. The van der Waals surface area contributed by atoms with E-state index in [4.69, 9.17) is 15.7 Å². The van der Waals surface area contributed by atoms with Crippen molar-refractivity contribution < 1.29 is 0 Å². The third-order valence-corrected chi connectivity index (χ3v) is 10.4. The van der Waals surface area contributed by atoms with E-state index < -0.39 is 0 Å². The highest BCUT2D eigenvalue weighted by Gasteiger charge is 2.52. The monoisotopic (exact) mass is 660 g/mol. The minimum Gasteiger partial charge on any atom is -0.356 e. The van der Waals surface area contributed by atoms with Crippen molar-refractivity contribution in [2.45, 2.75) is 11.8 Å². The van der Waals surface area contributed by atoms with Crippen LogP contribution in [0.2, 0.25) is 0 Å². The Morgan fingerprint density at radius 1 is 0.462 bits per heavy atom. The van der Waals surface area contributed by atoms with Gasteiger partial charge in [-0.1, -0.05) is 138 Å². The first-order valence-corrected chi connectivity index (χ1v) is 17.7. The average molecular weight is 660 g/mol. The molecule has 0 aliphatic heterocycles. The third kappa shape index (κ3) is 5.31. The summed E-state index contributed by atoms with van der Waals surface area (Å²) < 4.78 is 0. The van der Waals surface area contributed by atoms with Gasteiger partial charge in [0.15, 0.2) is 0 Å². The SMILES string of the molecule is [B]c1ccc2c(c1)C1(C3=C(C=CC3)c3ccccc31)c1cc([B])ccc1-2.c1ccc(Nc2ccc(N(c3ccccc3)c3ccccc3)cc2)cc1. The summed E-state index contributed by atoms with van der Waals surface area (Å²) in [6.07, 6.45) is 5.52. The summed E-state index contributed by atoms with van der Waals surface area (Å²) >= 11 is 0. The van der Waals surface area contributed by atoms with Gasteiger partial charge in [0.25, 0.3) is 0 Å². The zero-order chi connectivity index (χ0) is 35.1. The number of hydrogen-bond acceptors (Lipinski definition) is 2. The van der Waals surface area contributed by atoms with Gasteiger partial charge in [0, 0.05) is 28.4 Å². The van der Waals surface area contributed by atoms with Gasteiger partial charge in [0.1, 0.15) is 15.7 Å². The van der Waals surface area contributed by atoms with Crippen molar-refractivity contribution in [2.75, 3.05) is 10.2 Å². The van der Waals surface area contributed by atoms with Crippen LogP contribution in [-0.4, -0.2) is 15.7 Å². The minimum atomic E-state index is -0.273. The van der Waals surface area contributed by atoms with Crippen molar-refractivity contribution in [2.24, 2.45) is 0 Å². The number of rotatable bonds is 5. The molecule has 0 saturated carbocycles. The second kappa shape index (κ2) is 13.1. The van der Waals surface area contributed by atoms with Crippen LogP contribution in [0.5, 0.6) is 0 Å². The van der Waals surface area contributed by atoms with Crippen molar-refractivity contribution in [3.05, 3.63) is 216 Å². The molecule has 7 aromatic rings. The lowest BCUT2D eigenvalue weighted by Crippen LogP contribution is -2.29. The molecular formula is C48H34B2N2. The maximum Gasteiger partial charge on any atom is 0.113 e. The topological polar surface area (TPSA) is 15.3 Å². The fourth-order valence-corrected chi connectivity index (χ4v) is 8.28. The van der Waals surface area contributed by atoms with Gasteiger partial charge in [-0.05, 0) is 112 Å². The van der Waals surface area contributed by atoms with Crippen LogP contribution < -0.4 is 21.1 Å². The molecule has 0 bridgehead atoms. The highest BCUT2D eigenvalue weighted by Crippen LogP contribution is 2.63. The van der Waals surface area contributed by atoms with Crippen LogP contribution >= 0.6 is 0 Å². The zero-order valence-electron chi connectivity index (χ0n) is 28.7. The van der Waals surface area contributed by atoms with E-state index in [1.165, 1.54) is 44.5 Å². The van der Waals surface area contributed by atoms with Crippen LogP contribution in [0, 0.1) is 0 Å². The summed E-state index contributed by atoms with van der Waals surface area (Å²) in [6, 6.07) is 61.0. The summed E-state index contributed by atoms with van der Waals surface area (Å²) in [5.41, 5.74) is 17.5. The van der Waals surface area contributed by atoms with Crippen molar-refractivity contribution in [3.8, 4) is 11.1 Å². The van der Waals surface area contributed by atoms with Crippen LogP contribution in [0.15, 0.2) is 194 Å². The number of fused-ring (bicyclic) bond motifs is 9. The van der Waals surface area contributed by atoms with E-state index in [9.17, 15) is 0 Å². The number of allylic oxidation sites excluding steroid dienone is 4. The molecule has 4 heteroatoms. The molecule has 242 valence electrons. The van der Waals surface area contributed by atoms with E-state index in [-0.39, 0.29) is 5.41 Å². The van der Waals surface area contributed by atoms with Gasteiger partial charge in [-0.15, -0.1) is 0 Å². The van der Waals surface area contributed by atoms with E-state index in [1.54, 1.807) is 0 Å². The van der Waals surface area contributed by atoms with Crippen LogP contribution in [0.25, 0.3) is 16.7 Å². The number of hydrogen-bond donors (Lipinski definition) is 1. The lowest BCUT2D eigenvalue weighted by molar-refractivity contribution is 0.750. The van der Waals surface area contributed by atoms with E-state index in [0.717, 1.165) is 45.8 Å². The molecule has 3 aliphatic rings. The molecule has 0 amide bonds. The van der Waals surface area contributed by atoms with Crippen LogP contribution in [0.3, 0.4) is 0 Å². The van der Waals surface area contributed by atoms with E-state index >= 15 is 0 Å². The maximum absolute atomic E-state index is 6.25. The molecule has 0 heterocycles. The quantitative estimate of drug-likeness (QED) is 0.185. The molecule has 2 nitrogen and oxygen atoms in total. The molecule has 7 aromatic carbocycles. The summed E-state index contributed by atoms with van der Waals surface area (Å²) in [5, 5.41) is 3.43. The van der Waals surface area contributed by atoms with Gasteiger partial charge in [0.05, 0.1) is 5.41 Å². The summed E-state index contributed by atoms with van der Waals surface area (Å²) in [7, 11) is 12.5. The second-order valence-corrected chi connectivity index (χ2v) is 13.4. The molecule has 0 unspecified atom stereocenters. The molecule has 4 radical (unpaired) electrons. The molecule has 1 spiro atoms. The number of para-hydroxylation sites is 3. The van der Waals surface area contributed by atoms with E-state index in [1.807, 2.05) is 42.5 Å².